The van der Waals surface area contributed by atoms with E-state index >= 15 is 0 Å². The van der Waals surface area contributed by atoms with Crippen LogP contribution in [0.5, 0.6) is 0 Å². The van der Waals surface area contributed by atoms with Crippen LogP contribution in [-0.4, -0.2) is 27.1 Å². The van der Waals surface area contributed by atoms with E-state index in [4.69, 9.17) is 0 Å². The van der Waals surface area contributed by atoms with Crippen molar-refractivity contribution in [3.8, 4) is 0 Å². The van der Waals surface area contributed by atoms with E-state index in [2.05, 4.69) is 58.1 Å². The second kappa shape index (κ2) is 6.12. The predicted octanol–water partition coefficient (Wildman–Crippen LogP) is 3.12. The third-order valence-corrected chi connectivity index (χ3v) is 4.91. The summed E-state index contributed by atoms with van der Waals surface area (Å²) in [6.07, 6.45) is 1.61. The molecule has 1 N–H and O–H groups in total. The highest BCUT2D eigenvalue weighted by atomic mass is 79.9. The van der Waals surface area contributed by atoms with Crippen LogP contribution in [0.1, 0.15) is 17.4 Å². The van der Waals surface area contributed by atoms with Crippen molar-refractivity contribution >= 4 is 53.7 Å². The lowest BCUT2D eigenvalue weighted by atomic mass is 10.1. The van der Waals surface area contributed by atoms with Gasteiger partial charge >= 0.3 is 0 Å². The molecular formula is C10H11Br3N2O. The Bertz CT molecular complexity index is 363. The van der Waals surface area contributed by atoms with Crippen LogP contribution in [0.2, 0.25) is 0 Å². The SMILES string of the molecule is CC(CBr)(CBr)NC(=O)c1ccc(Br)cn1. The number of amides is 1. The predicted molar refractivity (Wildman–Crippen MR) is 75.4 cm³/mol. The Balaban J connectivity index is 2.76. The van der Waals surface area contributed by atoms with Crippen LogP contribution in [0.3, 0.4) is 0 Å². The highest BCUT2D eigenvalue weighted by Gasteiger charge is 2.24. The second-order valence-corrected chi connectivity index (χ2v) is 5.68. The molecule has 88 valence electrons. The number of carbonyl (C=O) groups excluding carboxylic acids is 1. The average Bonchev–Trinajstić information content (AvgIpc) is 2.29. The van der Waals surface area contributed by atoms with Gasteiger partial charge < -0.3 is 5.32 Å². The van der Waals surface area contributed by atoms with Gasteiger partial charge in [-0.05, 0) is 35.0 Å². The fourth-order valence-electron chi connectivity index (χ4n) is 0.951. The molecule has 0 bridgehead atoms. The van der Waals surface area contributed by atoms with E-state index < -0.39 is 0 Å². The standard InChI is InChI=1S/C10H11Br3N2O/c1-10(5-11,6-12)15-9(16)8-3-2-7(13)4-14-8/h2-4H,5-6H2,1H3,(H,15,16). The first-order valence-electron chi connectivity index (χ1n) is 4.57. The fraction of sp³-hybridized carbons (Fsp3) is 0.400. The number of hydrogen-bond acceptors (Lipinski definition) is 2. The van der Waals surface area contributed by atoms with Crippen molar-refractivity contribution in [3.05, 3.63) is 28.5 Å². The zero-order valence-electron chi connectivity index (χ0n) is 8.64. The van der Waals surface area contributed by atoms with Crippen molar-refractivity contribution in [3.63, 3.8) is 0 Å². The van der Waals surface area contributed by atoms with Crippen molar-refractivity contribution in [2.45, 2.75) is 12.5 Å². The molecule has 0 aliphatic heterocycles. The van der Waals surface area contributed by atoms with Crippen LogP contribution in [0.4, 0.5) is 0 Å². The van der Waals surface area contributed by atoms with Gasteiger partial charge in [0.15, 0.2) is 0 Å². The molecule has 0 aliphatic carbocycles. The van der Waals surface area contributed by atoms with E-state index in [9.17, 15) is 4.79 Å². The molecule has 16 heavy (non-hydrogen) atoms. The number of carbonyl (C=O) groups is 1. The van der Waals surface area contributed by atoms with Crippen LogP contribution >= 0.6 is 47.8 Å². The minimum absolute atomic E-state index is 0.172. The minimum atomic E-state index is -0.314. The minimum Gasteiger partial charge on any atom is -0.344 e. The number of aromatic nitrogens is 1. The highest BCUT2D eigenvalue weighted by Crippen LogP contribution is 2.13. The molecule has 1 amide bonds. The summed E-state index contributed by atoms with van der Waals surface area (Å²) in [6.45, 7) is 1.95. The number of pyridine rings is 1. The molecule has 0 radical (unpaired) electrons. The van der Waals surface area contributed by atoms with Gasteiger partial charge in [0, 0.05) is 21.3 Å². The molecule has 3 nitrogen and oxygen atoms in total. The maximum Gasteiger partial charge on any atom is 0.270 e. The summed E-state index contributed by atoms with van der Waals surface area (Å²) in [5, 5.41) is 4.27. The molecular weight excluding hydrogens is 404 g/mol. The first-order chi connectivity index (χ1) is 7.50. The quantitative estimate of drug-likeness (QED) is 0.769. The van der Waals surface area contributed by atoms with Crippen molar-refractivity contribution in [1.82, 2.24) is 10.3 Å². The summed E-state index contributed by atoms with van der Waals surface area (Å²) < 4.78 is 0.854. The Morgan fingerprint density at radius 1 is 1.44 bits per heavy atom. The Morgan fingerprint density at radius 2 is 2.06 bits per heavy atom. The smallest absolute Gasteiger partial charge is 0.270 e. The van der Waals surface area contributed by atoms with Gasteiger partial charge in [-0.2, -0.15) is 0 Å². The Morgan fingerprint density at radius 3 is 2.50 bits per heavy atom. The Hall–Kier alpha value is 0.0600. The van der Waals surface area contributed by atoms with Gasteiger partial charge in [0.25, 0.3) is 5.91 Å². The number of rotatable bonds is 4. The van der Waals surface area contributed by atoms with Gasteiger partial charge in [0.1, 0.15) is 5.69 Å². The van der Waals surface area contributed by atoms with Crippen LogP contribution in [0, 0.1) is 0 Å². The molecule has 1 heterocycles. The topological polar surface area (TPSA) is 42.0 Å². The molecule has 0 spiro atoms. The lowest BCUT2D eigenvalue weighted by Crippen LogP contribution is -2.49. The summed E-state index contributed by atoms with van der Waals surface area (Å²) in [5.41, 5.74) is 0.0996. The summed E-state index contributed by atoms with van der Waals surface area (Å²) >= 11 is 10.0. The van der Waals surface area contributed by atoms with E-state index in [1.54, 1.807) is 18.3 Å². The Kier molecular flexibility index (Phi) is 5.40. The molecule has 1 rings (SSSR count). The summed E-state index contributed by atoms with van der Waals surface area (Å²) in [5.74, 6) is -0.172. The van der Waals surface area contributed by atoms with Crippen molar-refractivity contribution < 1.29 is 4.79 Å². The second-order valence-electron chi connectivity index (χ2n) is 3.64. The maximum atomic E-state index is 11.9. The first kappa shape index (κ1) is 14.1. The molecule has 1 aromatic rings. The third-order valence-electron chi connectivity index (χ3n) is 1.97. The van der Waals surface area contributed by atoms with Crippen LogP contribution < -0.4 is 5.32 Å². The first-order valence-corrected chi connectivity index (χ1v) is 7.60. The average molecular weight is 415 g/mol. The van der Waals surface area contributed by atoms with E-state index in [1.807, 2.05) is 6.92 Å². The van der Waals surface area contributed by atoms with Gasteiger partial charge in [0.05, 0.1) is 5.54 Å². The van der Waals surface area contributed by atoms with Gasteiger partial charge in [-0.1, -0.05) is 31.9 Å². The van der Waals surface area contributed by atoms with Crippen LogP contribution in [0.25, 0.3) is 0 Å². The molecule has 6 heteroatoms. The largest absolute Gasteiger partial charge is 0.344 e. The van der Waals surface area contributed by atoms with Gasteiger partial charge in [-0.25, -0.2) is 4.98 Å². The fourth-order valence-corrected chi connectivity index (χ4v) is 2.39. The van der Waals surface area contributed by atoms with Crippen molar-refractivity contribution in [1.29, 1.82) is 0 Å². The monoisotopic (exact) mass is 412 g/mol. The van der Waals surface area contributed by atoms with E-state index in [-0.39, 0.29) is 11.4 Å². The normalized spacial score (nSPS) is 11.2. The Labute approximate surface area is 120 Å². The maximum absolute atomic E-state index is 11.9. The number of halogens is 3. The lowest BCUT2D eigenvalue weighted by molar-refractivity contribution is 0.0918. The molecule has 0 saturated carbocycles. The number of nitrogens with one attached hydrogen (secondary N) is 1. The van der Waals surface area contributed by atoms with Gasteiger partial charge in [0.2, 0.25) is 0 Å². The summed E-state index contributed by atoms with van der Waals surface area (Å²) in [6, 6.07) is 3.48. The summed E-state index contributed by atoms with van der Waals surface area (Å²) in [7, 11) is 0. The number of hydrogen-bond donors (Lipinski definition) is 1. The molecule has 0 unspecified atom stereocenters. The van der Waals surface area contributed by atoms with Gasteiger partial charge in [-0.3, -0.25) is 4.79 Å². The van der Waals surface area contributed by atoms with Gasteiger partial charge in [-0.15, -0.1) is 0 Å². The van der Waals surface area contributed by atoms with E-state index in [0.717, 1.165) is 4.47 Å². The molecule has 0 fully saturated rings. The molecule has 0 saturated heterocycles. The molecule has 0 atom stereocenters. The summed E-state index contributed by atoms with van der Waals surface area (Å²) in [4.78, 5) is 15.9. The third kappa shape index (κ3) is 3.82. The van der Waals surface area contributed by atoms with Crippen molar-refractivity contribution in [2.75, 3.05) is 10.7 Å². The van der Waals surface area contributed by atoms with Crippen LogP contribution in [0.15, 0.2) is 22.8 Å². The lowest BCUT2D eigenvalue weighted by Gasteiger charge is -2.26. The number of nitrogens with zero attached hydrogens (tertiary/aromatic N) is 1. The molecule has 0 aromatic carbocycles. The number of alkyl halides is 2. The zero-order valence-corrected chi connectivity index (χ0v) is 13.4. The highest BCUT2D eigenvalue weighted by molar-refractivity contribution is 9.10. The zero-order chi connectivity index (χ0) is 12.2. The molecule has 1 aromatic heterocycles. The molecule has 0 aliphatic rings. The van der Waals surface area contributed by atoms with E-state index in [0.29, 0.717) is 16.4 Å². The van der Waals surface area contributed by atoms with Crippen LogP contribution in [-0.2, 0) is 0 Å². The van der Waals surface area contributed by atoms with Crippen molar-refractivity contribution in [2.24, 2.45) is 0 Å². The van der Waals surface area contributed by atoms with E-state index in [1.165, 1.54) is 0 Å².